The number of nitrogens with one attached hydrogen (secondary N) is 1. The zero-order valence-electron chi connectivity index (χ0n) is 10.00. The maximum absolute atomic E-state index is 5.64. The number of nitrogens with two attached hydrogens (primary N) is 1. The van der Waals surface area contributed by atoms with E-state index in [4.69, 9.17) is 5.73 Å². The number of hydrogen-bond acceptors (Lipinski definition) is 4. The van der Waals surface area contributed by atoms with Crippen LogP contribution in [0.3, 0.4) is 0 Å². The molecule has 16 heavy (non-hydrogen) atoms. The lowest BCUT2D eigenvalue weighted by atomic mass is 10.0. The predicted octanol–water partition coefficient (Wildman–Crippen LogP) is 3.06. The minimum atomic E-state index is 0.351. The number of nitrogen functional groups attached to an aromatic ring is 1. The van der Waals surface area contributed by atoms with E-state index in [0.717, 1.165) is 6.42 Å². The second kappa shape index (κ2) is 6.03. The molecular weight excluding hydrogens is 268 g/mol. The van der Waals surface area contributed by atoms with E-state index in [1.54, 1.807) is 6.07 Å². The highest BCUT2D eigenvalue weighted by Crippen LogP contribution is 2.16. The molecule has 0 saturated carbocycles. The van der Waals surface area contributed by atoms with Crippen LogP contribution in [0, 0.1) is 5.92 Å². The van der Waals surface area contributed by atoms with E-state index in [2.05, 4.69) is 52.0 Å². The first-order valence-electron chi connectivity index (χ1n) is 5.57. The Hall–Kier alpha value is -0.840. The molecule has 1 heterocycles. The summed E-state index contributed by atoms with van der Waals surface area (Å²) in [5.41, 5.74) is 5.64. The third-order valence-corrected chi connectivity index (χ3v) is 2.95. The molecule has 0 spiro atoms. The molecule has 0 aliphatic carbocycles. The van der Waals surface area contributed by atoms with Crippen molar-refractivity contribution in [2.24, 2.45) is 5.92 Å². The standard InChI is InChI=1S/C11H19BrN4/c1-4-7(2)5-8(3)14-11-15-9(12)6-10(13)16-11/h6-8H,4-5H2,1-3H3,(H3,13,14,15,16). The van der Waals surface area contributed by atoms with Gasteiger partial charge in [-0.15, -0.1) is 0 Å². The molecule has 3 N–H and O–H groups in total. The average Bonchev–Trinajstić information content (AvgIpc) is 2.15. The van der Waals surface area contributed by atoms with Crippen molar-refractivity contribution in [2.75, 3.05) is 11.1 Å². The van der Waals surface area contributed by atoms with Gasteiger partial charge in [0, 0.05) is 12.1 Å². The van der Waals surface area contributed by atoms with Crippen molar-refractivity contribution in [3.63, 3.8) is 0 Å². The minimum absolute atomic E-state index is 0.351. The van der Waals surface area contributed by atoms with Crippen molar-refractivity contribution in [2.45, 2.75) is 39.7 Å². The van der Waals surface area contributed by atoms with Crippen molar-refractivity contribution >= 4 is 27.7 Å². The molecule has 5 heteroatoms. The van der Waals surface area contributed by atoms with Crippen molar-refractivity contribution in [3.8, 4) is 0 Å². The molecule has 2 atom stereocenters. The van der Waals surface area contributed by atoms with Crippen LogP contribution in [0.25, 0.3) is 0 Å². The molecule has 0 saturated heterocycles. The molecule has 0 fully saturated rings. The third kappa shape index (κ3) is 4.35. The fraction of sp³-hybridized carbons (Fsp3) is 0.636. The normalized spacial score (nSPS) is 14.5. The first-order chi connectivity index (χ1) is 7.51. The molecule has 0 bridgehead atoms. The molecule has 2 unspecified atom stereocenters. The number of halogens is 1. The molecule has 0 aromatic carbocycles. The number of rotatable bonds is 5. The minimum Gasteiger partial charge on any atom is -0.383 e. The van der Waals surface area contributed by atoms with E-state index in [0.29, 0.717) is 28.3 Å². The molecular formula is C11H19BrN4. The van der Waals surface area contributed by atoms with E-state index < -0.39 is 0 Å². The first kappa shape index (κ1) is 13.2. The van der Waals surface area contributed by atoms with Gasteiger partial charge < -0.3 is 11.1 Å². The van der Waals surface area contributed by atoms with Gasteiger partial charge in [0.2, 0.25) is 5.95 Å². The van der Waals surface area contributed by atoms with Gasteiger partial charge in [-0.1, -0.05) is 20.3 Å². The van der Waals surface area contributed by atoms with Crippen molar-refractivity contribution in [3.05, 3.63) is 10.7 Å². The summed E-state index contributed by atoms with van der Waals surface area (Å²) in [4.78, 5) is 8.35. The maximum Gasteiger partial charge on any atom is 0.225 e. The van der Waals surface area contributed by atoms with Crippen molar-refractivity contribution in [1.82, 2.24) is 9.97 Å². The van der Waals surface area contributed by atoms with Crippen LogP contribution in [-0.4, -0.2) is 16.0 Å². The van der Waals surface area contributed by atoms with Gasteiger partial charge in [0.1, 0.15) is 10.4 Å². The Labute approximate surface area is 105 Å². The maximum atomic E-state index is 5.64. The molecule has 1 aromatic rings. The summed E-state index contributed by atoms with van der Waals surface area (Å²) < 4.78 is 0.707. The highest BCUT2D eigenvalue weighted by atomic mass is 79.9. The van der Waals surface area contributed by atoms with Gasteiger partial charge in [0.25, 0.3) is 0 Å². The molecule has 0 aliphatic rings. The van der Waals surface area contributed by atoms with Crippen molar-refractivity contribution < 1.29 is 0 Å². The van der Waals surface area contributed by atoms with E-state index in [-0.39, 0.29) is 0 Å². The molecule has 0 amide bonds. The quantitative estimate of drug-likeness (QED) is 0.817. The smallest absolute Gasteiger partial charge is 0.225 e. The summed E-state index contributed by atoms with van der Waals surface area (Å²) in [6, 6.07) is 2.04. The number of aromatic nitrogens is 2. The Morgan fingerprint density at radius 2 is 2.12 bits per heavy atom. The summed E-state index contributed by atoms with van der Waals surface area (Å²) >= 11 is 3.30. The van der Waals surface area contributed by atoms with Gasteiger partial charge in [0.05, 0.1) is 0 Å². The second-order valence-corrected chi connectivity index (χ2v) is 5.05. The van der Waals surface area contributed by atoms with Crippen LogP contribution in [-0.2, 0) is 0 Å². The number of hydrogen-bond donors (Lipinski definition) is 2. The molecule has 0 radical (unpaired) electrons. The van der Waals surface area contributed by atoms with Crippen LogP contribution < -0.4 is 11.1 Å². The van der Waals surface area contributed by atoms with E-state index >= 15 is 0 Å². The fourth-order valence-electron chi connectivity index (χ4n) is 1.55. The summed E-state index contributed by atoms with van der Waals surface area (Å²) in [7, 11) is 0. The summed E-state index contributed by atoms with van der Waals surface area (Å²) in [5, 5.41) is 3.26. The third-order valence-electron chi connectivity index (χ3n) is 2.54. The predicted molar refractivity (Wildman–Crippen MR) is 71.3 cm³/mol. The summed E-state index contributed by atoms with van der Waals surface area (Å²) in [6.45, 7) is 6.58. The lowest BCUT2D eigenvalue weighted by molar-refractivity contribution is 0.482. The van der Waals surface area contributed by atoms with Crippen LogP contribution in [0.1, 0.15) is 33.6 Å². The molecule has 1 aromatic heterocycles. The van der Waals surface area contributed by atoms with Crippen molar-refractivity contribution in [1.29, 1.82) is 0 Å². The Kier molecular flexibility index (Phi) is 4.99. The Bertz CT molecular complexity index is 323. The number of anilines is 2. The van der Waals surface area contributed by atoms with Gasteiger partial charge in [-0.3, -0.25) is 0 Å². The largest absolute Gasteiger partial charge is 0.383 e. The van der Waals surface area contributed by atoms with Crippen LogP contribution in [0.5, 0.6) is 0 Å². The lowest BCUT2D eigenvalue weighted by Gasteiger charge is -2.17. The van der Waals surface area contributed by atoms with Crippen LogP contribution in [0.2, 0.25) is 0 Å². The van der Waals surface area contributed by atoms with E-state index in [1.807, 2.05) is 0 Å². The van der Waals surface area contributed by atoms with Gasteiger partial charge in [0.15, 0.2) is 0 Å². The van der Waals surface area contributed by atoms with Gasteiger partial charge in [-0.2, -0.15) is 4.98 Å². The Morgan fingerprint density at radius 1 is 1.44 bits per heavy atom. The Balaban J connectivity index is 2.58. The monoisotopic (exact) mass is 286 g/mol. The zero-order chi connectivity index (χ0) is 12.1. The topological polar surface area (TPSA) is 63.8 Å². The van der Waals surface area contributed by atoms with Gasteiger partial charge in [-0.25, -0.2) is 4.98 Å². The molecule has 1 rings (SSSR count). The second-order valence-electron chi connectivity index (χ2n) is 4.23. The molecule has 0 aliphatic heterocycles. The molecule has 4 nitrogen and oxygen atoms in total. The summed E-state index contributed by atoms with van der Waals surface area (Å²) in [6.07, 6.45) is 2.29. The zero-order valence-corrected chi connectivity index (χ0v) is 11.6. The SMILES string of the molecule is CCC(C)CC(C)Nc1nc(N)cc(Br)n1. The van der Waals surface area contributed by atoms with E-state index in [9.17, 15) is 0 Å². The summed E-state index contributed by atoms with van der Waals surface area (Å²) in [5.74, 6) is 1.76. The highest BCUT2D eigenvalue weighted by Gasteiger charge is 2.09. The highest BCUT2D eigenvalue weighted by molar-refractivity contribution is 9.10. The lowest BCUT2D eigenvalue weighted by Crippen LogP contribution is -2.20. The molecule has 90 valence electrons. The first-order valence-corrected chi connectivity index (χ1v) is 6.37. The van der Waals surface area contributed by atoms with Crippen LogP contribution >= 0.6 is 15.9 Å². The van der Waals surface area contributed by atoms with Crippen LogP contribution in [0.4, 0.5) is 11.8 Å². The number of nitrogens with zero attached hydrogens (tertiary/aromatic N) is 2. The average molecular weight is 287 g/mol. The Morgan fingerprint density at radius 3 is 2.69 bits per heavy atom. The van der Waals surface area contributed by atoms with E-state index in [1.165, 1.54) is 6.42 Å². The fourth-order valence-corrected chi connectivity index (χ4v) is 1.95. The van der Waals surface area contributed by atoms with Gasteiger partial charge >= 0.3 is 0 Å². The van der Waals surface area contributed by atoms with Gasteiger partial charge in [-0.05, 0) is 35.2 Å². The van der Waals surface area contributed by atoms with Crippen LogP contribution in [0.15, 0.2) is 10.7 Å².